The summed E-state index contributed by atoms with van der Waals surface area (Å²) in [5.41, 5.74) is 6.19. The number of nitrogen functional groups attached to an aromatic ring is 1. The van der Waals surface area contributed by atoms with Crippen LogP contribution in [-0.2, 0) is 10.0 Å². The van der Waals surface area contributed by atoms with Crippen molar-refractivity contribution in [2.24, 2.45) is 0 Å². The first-order valence-corrected chi connectivity index (χ1v) is 8.89. The van der Waals surface area contributed by atoms with Gasteiger partial charge in [0, 0.05) is 23.8 Å². The Labute approximate surface area is 126 Å². The Morgan fingerprint density at radius 2 is 2.05 bits per heavy atom. The first kappa shape index (κ1) is 16.2. The Morgan fingerprint density at radius 1 is 1.33 bits per heavy atom. The van der Waals surface area contributed by atoms with Crippen molar-refractivity contribution in [1.82, 2.24) is 4.31 Å². The topological polar surface area (TPSA) is 63.4 Å². The van der Waals surface area contributed by atoms with E-state index >= 15 is 0 Å². The van der Waals surface area contributed by atoms with Crippen LogP contribution in [0.5, 0.6) is 0 Å². The van der Waals surface area contributed by atoms with Crippen LogP contribution >= 0.6 is 0 Å². The average Bonchev–Trinajstić information content (AvgIpc) is 2.69. The zero-order valence-corrected chi connectivity index (χ0v) is 13.4. The van der Waals surface area contributed by atoms with Crippen molar-refractivity contribution in [3.05, 3.63) is 23.5 Å². The zero-order chi connectivity index (χ0) is 15.6. The maximum absolute atomic E-state index is 13.8. The maximum Gasteiger partial charge on any atom is 0.243 e. The number of hydrogen-bond acceptors (Lipinski definition) is 3. The van der Waals surface area contributed by atoms with E-state index in [-0.39, 0.29) is 22.2 Å². The molecule has 0 radical (unpaired) electrons. The molecule has 2 N–H and O–H groups in total. The molecule has 1 fully saturated rings. The molecule has 0 aliphatic carbocycles. The fraction of sp³-hybridized carbons (Fsp3) is 0.600. The summed E-state index contributed by atoms with van der Waals surface area (Å²) in [4.78, 5) is -0.0385. The largest absolute Gasteiger partial charge is 0.398 e. The fourth-order valence-electron chi connectivity index (χ4n) is 2.83. The van der Waals surface area contributed by atoms with Crippen molar-refractivity contribution in [3.8, 4) is 0 Å². The normalized spacial score (nSPS) is 21.2. The summed E-state index contributed by atoms with van der Waals surface area (Å²) in [6, 6.07) is 2.44. The third-order valence-electron chi connectivity index (χ3n) is 4.26. The molecule has 1 unspecified atom stereocenters. The van der Waals surface area contributed by atoms with Crippen LogP contribution in [0.15, 0.2) is 17.0 Å². The highest BCUT2D eigenvalue weighted by molar-refractivity contribution is 7.89. The van der Waals surface area contributed by atoms with Gasteiger partial charge in [0.25, 0.3) is 0 Å². The van der Waals surface area contributed by atoms with E-state index in [9.17, 15) is 12.8 Å². The van der Waals surface area contributed by atoms with E-state index < -0.39 is 15.8 Å². The lowest BCUT2D eigenvalue weighted by molar-refractivity contribution is 0.315. The molecule has 0 amide bonds. The van der Waals surface area contributed by atoms with Crippen LogP contribution in [0.2, 0.25) is 0 Å². The molecular weight excluding hydrogens is 291 g/mol. The smallest absolute Gasteiger partial charge is 0.243 e. The van der Waals surface area contributed by atoms with Gasteiger partial charge in [0.1, 0.15) is 5.82 Å². The van der Waals surface area contributed by atoms with Crippen LogP contribution in [0.25, 0.3) is 0 Å². The third kappa shape index (κ3) is 3.21. The molecule has 21 heavy (non-hydrogen) atoms. The number of anilines is 1. The van der Waals surface area contributed by atoms with Crippen molar-refractivity contribution in [3.63, 3.8) is 0 Å². The van der Waals surface area contributed by atoms with Crippen molar-refractivity contribution < 1.29 is 12.8 Å². The molecule has 4 nitrogen and oxygen atoms in total. The van der Waals surface area contributed by atoms with E-state index in [2.05, 4.69) is 0 Å². The standard InChI is InChI=1S/C15H23FN2O2S/c1-3-12-7-5-4-6-8-18(12)21(19,20)13-9-14(16)11(2)15(17)10-13/h9-10,12H,3-8,17H2,1-2H3. The molecule has 1 aromatic carbocycles. The van der Waals surface area contributed by atoms with Crippen LogP contribution in [0.3, 0.4) is 0 Å². The highest BCUT2D eigenvalue weighted by atomic mass is 32.2. The highest BCUT2D eigenvalue weighted by Gasteiger charge is 2.32. The summed E-state index contributed by atoms with van der Waals surface area (Å²) >= 11 is 0. The van der Waals surface area contributed by atoms with Gasteiger partial charge < -0.3 is 5.73 Å². The molecule has 0 aromatic heterocycles. The van der Waals surface area contributed by atoms with E-state index in [4.69, 9.17) is 5.73 Å². The van der Waals surface area contributed by atoms with E-state index in [1.165, 1.54) is 10.4 Å². The van der Waals surface area contributed by atoms with Gasteiger partial charge in [-0.25, -0.2) is 12.8 Å². The van der Waals surface area contributed by atoms with Crippen molar-refractivity contribution >= 4 is 15.7 Å². The van der Waals surface area contributed by atoms with Gasteiger partial charge >= 0.3 is 0 Å². The number of halogens is 1. The van der Waals surface area contributed by atoms with E-state index in [1.54, 1.807) is 6.92 Å². The van der Waals surface area contributed by atoms with Crippen LogP contribution < -0.4 is 5.73 Å². The molecule has 1 aromatic rings. The number of rotatable bonds is 3. The summed E-state index contributed by atoms with van der Waals surface area (Å²) in [7, 11) is -3.70. The summed E-state index contributed by atoms with van der Waals surface area (Å²) in [5.74, 6) is -0.573. The first-order valence-electron chi connectivity index (χ1n) is 7.45. The van der Waals surface area contributed by atoms with Crippen molar-refractivity contribution in [1.29, 1.82) is 0 Å². The Hall–Kier alpha value is -1.14. The van der Waals surface area contributed by atoms with Gasteiger partial charge in [-0.1, -0.05) is 19.8 Å². The van der Waals surface area contributed by atoms with E-state index in [0.29, 0.717) is 6.54 Å². The maximum atomic E-state index is 13.8. The second kappa shape index (κ2) is 6.32. The Morgan fingerprint density at radius 3 is 2.67 bits per heavy atom. The van der Waals surface area contributed by atoms with Crippen molar-refractivity contribution in [2.45, 2.75) is 56.9 Å². The van der Waals surface area contributed by atoms with Crippen molar-refractivity contribution in [2.75, 3.05) is 12.3 Å². The minimum Gasteiger partial charge on any atom is -0.398 e. The number of nitrogens with zero attached hydrogens (tertiary/aromatic N) is 1. The molecule has 1 heterocycles. The number of benzene rings is 1. The highest BCUT2D eigenvalue weighted by Crippen LogP contribution is 2.29. The van der Waals surface area contributed by atoms with E-state index in [1.807, 2.05) is 6.92 Å². The average molecular weight is 314 g/mol. The zero-order valence-electron chi connectivity index (χ0n) is 12.6. The molecule has 2 rings (SSSR count). The van der Waals surface area contributed by atoms with Crippen LogP contribution in [0.1, 0.15) is 44.6 Å². The lowest BCUT2D eigenvalue weighted by Crippen LogP contribution is -2.39. The van der Waals surface area contributed by atoms with Crippen LogP contribution in [0, 0.1) is 12.7 Å². The molecule has 0 saturated carbocycles. The van der Waals surface area contributed by atoms with Gasteiger partial charge in [0.2, 0.25) is 10.0 Å². The van der Waals surface area contributed by atoms with E-state index in [0.717, 1.165) is 38.2 Å². The predicted molar refractivity (Wildman–Crippen MR) is 82.0 cm³/mol. The van der Waals surface area contributed by atoms with Gasteiger partial charge in [0.15, 0.2) is 0 Å². The van der Waals surface area contributed by atoms with Gasteiger partial charge in [-0.15, -0.1) is 0 Å². The van der Waals surface area contributed by atoms with Gasteiger partial charge in [-0.3, -0.25) is 0 Å². The number of nitrogens with two attached hydrogens (primary N) is 1. The predicted octanol–water partition coefficient (Wildman–Crippen LogP) is 3.06. The fourth-order valence-corrected chi connectivity index (χ4v) is 4.65. The molecule has 1 aliphatic rings. The number of sulfonamides is 1. The summed E-state index contributed by atoms with van der Waals surface area (Å²) in [6.45, 7) is 4.03. The molecular formula is C15H23FN2O2S. The lowest BCUT2D eigenvalue weighted by Gasteiger charge is -2.28. The van der Waals surface area contributed by atoms with Crippen LogP contribution in [0.4, 0.5) is 10.1 Å². The summed E-state index contributed by atoms with van der Waals surface area (Å²) in [5, 5.41) is 0. The second-order valence-corrected chi connectivity index (χ2v) is 7.54. The first-order chi connectivity index (χ1) is 9.87. The Bertz CT molecular complexity index is 593. The van der Waals surface area contributed by atoms with Gasteiger partial charge in [-0.2, -0.15) is 4.31 Å². The molecule has 6 heteroatoms. The molecule has 1 saturated heterocycles. The molecule has 0 bridgehead atoms. The van der Waals surface area contributed by atoms with Gasteiger partial charge in [-0.05, 0) is 38.3 Å². The lowest BCUT2D eigenvalue weighted by atomic mass is 10.1. The quantitative estimate of drug-likeness (QED) is 0.872. The minimum absolute atomic E-state index is 0.0110. The summed E-state index contributed by atoms with van der Waals surface area (Å²) in [6.07, 6.45) is 4.55. The molecule has 0 spiro atoms. The monoisotopic (exact) mass is 314 g/mol. The molecule has 1 atom stereocenters. The SMILES string of the molecule is CCC1CCCCCN1S(=O)(=O)c1cc(N)c(C)c(F)c1. The second-order valence-electron chi connectivity index (χ2n) is 5.65. The Balaban J connectivity index is 2.44. The summed E-state index contributed by atoms with van der Waals surface area (Å²) < 4.78 is 41.0. The van der Waals surface area contributed by atoms with Crippen LogP contribution in [-0.4, -0.2) is 25.3 Å². The Kier molecular flexibility index (Phi) is 4.88. The molecule has 1 aliphatic heterocycles. The van der Waals surface area contributed by atoms with Gasteiger partial charge in [0.05, 0.1) is 4.90 Å². The third-order valence-corrected chi connectivity index (χ3v) is 6.19. The minimum atomic E-state index is -3.70. The molecule has 118 valence electrons. The number of hydrogen-bond donors (Lipinski definition) is 1.